The number of hydrogen-bond acceptors (Lipinski definition) is 6. The quantitative estimate of drug-likeness (QED) is 0.199. The molecule has 0 radical (unpaired) electrons. The van der Waals surface area contributed by atoms with Crippen LogP contribution in [0.1, 0.15) is 31.8 Å². The van der Waals surface area contributed by atoms with Crippen molar-refractivity contribution in [2.24, 2.45) is 0 Å². The van der Waals surface area contributed by atoms with Crippen LogP contribution in [0.5, 0.6) is 5.75 Å². The molecule has 39 heavy (non-hydrogen) atoms. The molecule has 0 atom stereocenters. The monoisotopic (exact) mass is 600 g/mol. The Hall–Kier alpha value is -4.01. The Morgan fingerprint density at radius 2 is 1.64 bits per heavy atom. The summed E-state index contributed by atoms with van der Waals surface area (Å²) in [5.41, 5.74) is 6.86. The summed E-state index contributed by atoms with van der Waals surface area (Å²) in [5, 5.41) is 5.92. The first-order chi connectivity index (χ1) is 18.8. The molecule has 8 heteroatoms. The van der Waals surface area contributed by atoms with Gasteiger partial charge in [-0.25, -0.2) is 9.78 Å². The molecule has 196 valence electrons. The molecule has 0 aliphatic rings. The van der Waals surface area contributed by atoms with E-state index >= 15 is 0 Å². The van der Waals surface area contributed by atoms with Gasteiger partial charge in [-0.3, -0.25) is 4.79 Å². The molecule has 3 aromatic carbocycles. The van der Waals surface area contributed by atoms with Crippen LogP contribution in [0.15, 0.2) is 76.6 Å². The number of thiophene rings is 1. The van der Waals surface area contributed by atoms with Gasteiger partial charge in [-0.05, 0) is 73.0 Å². The first-order valence-electron chi connectivity index (χ1n) is 12.1. The zero-order chi connectivity index (χ0) is 27.7. The molecule has 1 N–H and O–H groups in total. The van der Waals surface area contributed by atoms with Crippen LogP contribution < -0.4 is 10.1 Å². The van der Waals surface area contributed by atoms with Gasteiger partial charge in [0.25, 0.3) is 5.91 Å². The van der Waals surface area contributed by atoms with Crippen molar-refractivity contribution in [1.29, 1.82) is 0 Å². The zero-order valence-electron chi connectivity index (χ0n) is 21.8. The summed E-state index contributed by atoms with van der Waals surface area (Å²) in [5.74, 6) is -0.174. The normalized spacial score (nSPS) is 10.9. The van der Waals surface area contributed by atoms with Crippen LogP contribution in [-0.2, 0) is 4.74 Å². The molecular formula is C31H25BrN2O4S. The average molecular weight is 602 g/mol. The Bertz CT molecular complexity index is 1730. The summed E-state index contributed by atoms with van der Waals surface area (Å²) in [6, 6.07) is 20.9. The van der Waals surface area contributed by atoms with E-state index in [4.69, 9.17) is 14.5 Å². The van der Waals surface area contributed by atoms with Gasteiger partial charge in [0.1, 0.15) is 16.3 Å². The molecule has 6 nitrogen and oxygen atoms in total. The Morgan fingerprint density at radius 1 is 0.897 bits per heavy atom. The van der Waals surface area contributed by atoms with E-state index in [0.717, 1.165) is 21.2 Å². The van der Waals surface area contributed by atoms with Crippen molar-refractivity contribution in [1.82, 2.24) is 4.98 Å². The fourth-order valence-corrected chi connectivity index (χ4v) is 5.66. The minimum absolute atomic E-state index is 0.301. The van der Waals surface area contributed by atoms with E-state index in [2.05, 4.69) is 41.2 Å². The van der Waals surface area contributed by atoms with Gasteiger partial charge >= 0.3 is 5.97 Å². The predicted molar refractivity (Wildman–Crippen MR) is 160 cm³/mol. The lowest BCUT2D eigenvalue weighted by atomic mass is 10.0. The third-order valence-electron chi connectivity index (χ3n) is 6.63. The van der Waals surface area contributed by atoms with E-state index in [1.807, 2.05) is 60.0 Å². The Morgan fingerprint density at radius 3 is 2.33 bits per heavy atom. The van der Waals surface area contributed by atoms with Crippen LogP contribution >= 0.6 is 27.3 Å². The number of rotatable bonds is 6. The SMILES string of the molecule is COC(=O)c1c(-c2ccc(OC)cc2)csc1NC(=O)c1cc(-c2ccc(C)c(C)c2)nc2ccc(Br)cc12. The summed E-state index contributed by atoms with van der Waals surface area (Å²) < 4.78 is 11.2. The summed E-state index contributed by atoms with van der Waals surface area (Å²) in [7, 11) is 2.92. The van der Waals surface area contributed by atoms with Gasteiger partial charge in [0.2, 0.25) is 0 Å². The van der Waals surface area contributed by atoms with Crippen molar-refractivity contribution >= 4 is 55.0 Å². The number of halogens is 1. The fraction of sp³-hybridized carbons (Fsp3) is 0.129. The first kappa shape index (κ1) is 26.6. The zero-order valence-corrected chi connectivity index (χ0v) is 24.2. The van der Waals surface area contributed by atoms with Crippen LogP contribution in [0.4, 0.5) is 5.00 Å². The van der Waals surface area contributed by atoms with Crippen LogP contribution in [0.3, 0.4) is 0 Å². The molecule has 2 heterocycles. The van der Waals surface area contributed by atoms with E-state index in [9.17, 15) is 9.59 Å². The Balaban J connectivity index is 1.59. The number of fused-ring (bicyclic) bond motifs is 1. The van der Waals surface area contributed by atoms with Crippen molar-refractivity contribution in [2.45, 2.75) is 13.8 Å². The molecule has 5 aromatic rings. The second kappa shape index (κ2) is 11.0. The number of nitrogens with one attached hydrogen (secondary N) is 1. The number of methoxy groups -OCH3 is 2. The van der Waals surface area contributed by atoms with E-state index in [1.165, 1.54) is 24.0 Å². The highest BCUT2D eigenvalue weighted by molar-refractivity contribution is 9.10. The van der Waals surface area contributed by atoms with Crippen LogP contribution in [-0.4, -0.2) is 31.1 Å². The van der Waals surface area contributed by atoms with Crippen molar-refractivity contribution in [3.05, 3.63) is 98.8 Å². The lowest BCUT2D eigenvalue weighted by molar-refractivity contribution is 0.0603. The number of anilines is 1. The molecule has 5 rings (SSSR count). The number of aromatic nitrogens is 1. The van der Waals surface area contributed by atoms with Gasteiger partial charge in [-0.15, -0.1) is 11.3 Å². The fourth-order valence-electron chi connectivity index (χ4n) is 4.34. The minimum atomic E-state index is -0.532. The van der Waals surface area contributed by atoms with E-state index < -0.39 is 5.97 Å². The average Bonchev–Trinajstić information content (AvgIpc) is 3.36. The second-order valence-corrected chi connectivity index (χ2v) is 10.8. The van der Waals surface area contributed by atoms with Gasteiger partial charge in [0, 0.05) is 26.4 Å². The van der Waals surface area contributed by atoms with Gasteiger partial charge < -0.3 is 14.8 Å². The van der Waals surface area contributed by atoms with Gasteiger partial charge in [-0.1, -0.05) is 40.2 Å². The van der Waals surface area contributed by atoms with E-state index in [1.54, 1.807) is 13.2 Å². The lowest BCUT2D eigenvalue weighted by Gasteiger charge is -2.12. The number of pyridine rings is 1. The van der Waals surface area contributed by atoms with Crippen molar-refractivity contribution < 1.29 is 19.1 Å². The molecule has 0 spiro atoms. The smallest absolute Gasteiger partial charge is 0.341 e. The number of carbonyl (C=O) groups is 2. The Labute approximate surface area is 238 Å². The number of amides is 1. The maximum Gasteiger partial charge on any atom is 0.341 e. The second-order valence-electron chi connectivity index (χ2n) is 9.04. The van der Waals surface area contributed by atoms with Crippen LogP contribution in [0.2, 0.25) is 0 Å². The summed E-state index contributed by atoms with van der Waals surface area (Å²) in [6.45, 7) is 4.11. The summed E-state index contributed by atoms with van der Waals surface area (Å²) in [4.78, 5) is 31.5. The number of nitrogens with zero attached hydrogens (tertiary/aromatic N) is 1. The number of benzene rings is 3. The van der Waals surface area contributed by atoms with Crippen molar-refractivity contribution in [3.8, 4) is 28.1 Å². The molecule has 1 amide bonds. The largest absolute Gasteiger partial charge is 0.497 e. The molecule has 0 aliphatic heterocycles. The van der Waals surface area contributed by atoms with Crippen LogP contribution in [0, 0.1) is 13.8 Å². The highest BCUT2D eigenvalue weighted by Crippen LogP contribution is 2.37. The molecule has 0 fully saturated rings. The molecule has 0 bridgehead atoms. The van der Waals surface area contributed by atoms with E-state index in [-0.39, 0.29) is 5.91 Å². The van der Waals surface area contributed by atoms with Crippen molar-refractivity contribution in [3.63, 3.8) is 0 Å². The highest BCUT2D eigenvalue weighted by Gasteiger charge is 2.24. The Kier molecular flexibility index (Phi) is 7.50. The highest BCUT2D eigenvalue weighted by atomic mass is 79.9. The predicted octanol–water partition coefficient (Wildman–Crippen LogP) is 8.06. The number of esters is 1. The number of carbonyl (C=O) groups excluding carboxylic acids is 2. The molecule has 2 aromatic heterocycles. The number of hydrogen-bond donors (Lipinski definition) is 1. The summed E-state index contributed by atoms with van der Waals surface area (Å²) >= 11 is 4.79. The van der Waals surface area contributed by atoms with Crippen LogP contribution in [0.25, 0.3) is 33.3 Å². The lowest BCUT2D eigenvalue weighted by Crippen LogP contribution is -2.15. The molecule has 0 saturated heterocycles. The van der Waals surface area contributed by atoms with Gasteiger partial charge in [-0.2, -0.15) is 0 Å². The first-order valence-corrected chi connectivity index (χ1v) is 13.8. The summed E-state index contributed by atoms with van der Waals surface area (Å²) in [6.07, 6.45) is 0. The molecule has 0 aliphatic carbocycles. The van der Waals surface area contributed by atoms with Crippen molar-refractivity contribution in [2.75, 3.05) is 19.5 Å². The third-order valence-corrected chi connectivity index (χ3v) is 8.02. The van der Waals surface area contributed by atoms with Gasteiger partial charge in [0.15, 0.2) is 0 Å². The minimum Gasteiger partial charge on any atom is -0.497 e. The molecule has 0 saturated carbocycles. The molecule has 0 unspecified atom stereocenters. The topological polar surface area (TPSA) is 77.5 Å². The standard InChI is InChI=1S/C31H25BrN2O4S/c1-17-5-6-20(13-18(17)2)27-15-24(23-14-21(32)9-12-26(23)33-27)29(35)34-30-28(31(36)38-4)25(16-39-30)19-7-10-22(37-3)11-8-19/h5-16H,1-4H3,(H,34,35). The maximum absolute atomic E-state index is 13.8. The maximum atomic E-state index is 13.8. The third kappa shape index (κ3) is 5.30. The number of ether oxygens (including phenoxy) is 2. The number of aryl methyl sites for hydroxylation is 2. The van der Waals surface area contributed by atoms with E-state index in [0.29, 0.717) is 44.0 Å². The van der Waals surface area contributed by atoms with Gasteiger partial charge in [0.05, 0.1) is 31.0 Å². The molecular weight excluding hydrogens is 576 g/mol.